The fourth-order valence-corrected chi connectivity index (χ4v) is 3.70. The lowest BCUT2D eigenvalue weighted by Gasteiger charge is -2.16. The highest BCUT2D eigenvalue weighted by atomic mass is 16.5. The number of hydrogen-bond donors (Lipinski definition) is 2. The van der Waals surface area contributed by atoms with Crippen LogP contribution < -0.4 is 4.74 Å². The van der Waals surface area contributed by atoms with Crippen molar-refractivity contribution in [2.75, 3.05) is 13.2 Å². The van der Waals surface area contributed by atoms with Gasteiger partial charge < -0.3 is 14.4 Å². The Kier molecular flexibility index (Phi) is 4.39. The molecule has 0 aromatic carbocycles. The Bertz CT molecular complexity index is 1160. The van der Waals surface area contributed by atoms with E-state index >= 15 is 0 Å². The van der Waals surface area contributed by atoms with Crippen molar-refractivity contribution in [3.63, 3.8) is 0 Å². The van der Waals surface area contributed by atoms with Gasteiger partial charge in [0.1, 0.15) is 6.61 Å². The summed E-state index contributed by atoms with van der Waals surface area (Å²) in [6.07, 6.45) is 3.76. The van der Waals surface area contributed by atoms with Gasteiger partial charge in [0, 0.05) is 24.5 Å². The molecule has 144 valence electrons. The van der Waals surface area contributed by atoms with Gasteiger partial charge >= 0.3 is 0 Å². The van der Waals surface area contributed by atoms with Crippen molar-refractivity contribution in [3.05, 3.63) is 53.0 Å². The third kappa shape index (κ3) is 2.66. The van der Waals surface area contributed by atoms with Crippen LogP contribution in [-0.4, -0.2) is 43.9 Å². The van der Waals surface area contributed by atoms with Crippen LogP contribution in [0.4, 0.5) is 5.69 Å². The van der Waals surface area contributed by atoms with Crippen LogP contribution >= 0.6 is 0 Å². The van der Waals surface area contributed by atoms with Crippen LogP contribution in [0.5, 0.6) is 5.88 Å². The van der Waals surface area contributed by atoms with Crippen molar-refractivity contribution in [2.24, 2.45) is 12.0 Å². The number of fused-ring (bicyclic) bond motifs is 2. The van der Waals surface area contributed by atoms with E-state index in [2.05, 4.69) is 16.6 Å². The van der Waals surface area contributed by atoms with Crippen LogP contribution in [-0.2, 0) is 7.05 Å². The maximum atomic E-state index is 9.12. The van der Waals surface area contributed by atoms with Gasteiger partial charge in [0.05, 0.1) is 29.2 Å². The van der Waals surface area contributed by atoms with E-state index in [0.717, 1.165) is 33.6 Å². The molecule has 0 amide bonds. The summed E-state index contributed by atoms with van der Waals surface area (Å²) in [5, 5.41) is 22.3. The molecule has 0 saturated carbocycles. The molecule has 3 aromatic rings. The number of aliphatic hydroxyl groups is 1. The van der Waals surface area contributed by atoms with Gasteiger partial charge in [-0.3, -0.25) is 5.41 Å². The molecule has 3 heterocycles. The molecule has 0 atom stereocenters. The second kappa shape index (κ2) is 6.76. The zero-order valence-electron chi connectivity index (χ0n) is 16.4. The highest BCUT2D eigenvalue weighted by molar-refractivity contribution is 6.54. The quantitative estimate of drug-likeness (QED) is 0.732. The summed E-state index contributed by atoms with van der Waals surface area (Å²) in [5.41, 5.74) is 7.61. The normalized spacial score (nSPS) is 15.2. The van der Waals surface area contributed by atoms with Gasteiger partial charge in [-0.1, -0.05) is 6.07 Å². The first-order valence-corrected chi connectivity index (χ1v) is 9.17. The summed E-state index contributed by atoms with van der Waals surface area (Å²) in [6.45, 7) is 6.18. The largest absolute Gasteiger partial charge is 0.473 e. The minimum Gasteiger partial charge on any atom is -0.473 e. The number of hydrogen-bond acceptors (Lipinski definition) is 5. The molecule has 2 N–H and O–H groups in total. The second-order valence-electron chi connectivity index (χ2n) is 6.95. The van der Waals surface area contributed by atoms with Gasteiger partial charge in [-0.2, -0.15) is 0 Å². The molecule has 0 spiro atoms. The van der Waals surface area contributed by atoms with Crippen molar-refractivity contribution in [1.82, 2.24) is 14.2 Å². The van der Waals surface area contributed by atoms with Crippen molar-refractivity contribution >= 4 is 28.2 Å². The zero-order chi connectivity index (χ0) is 20.0. The van der Waals surface area contributed by atoms with Gasteiger partial charge in [-0.05, 0) is 50.1 Å². The number of pyridine rings is 1. The van der Waals surface area contributed by atoms with E-state index in [9.17, 15) is 0 Å². The Hall–Kier alpha value is -3.19. The molecule has 0 radical (unpaired) electrons. The van der Waals surface area contributed by atoms with Gasteiger partial charge in [0.15, 0.2) is 5.69 Å². The maximum absolute atomic E-state index is 9.12. The number of aliphatic hydroxyl groups excluding tert-OH is 1. The average molecular weight is 377 g/mol. The first kappa shape index (κ1) is 18.2. The van der Waals surface area contributed by atoms with Gasteiger partial charge in [0.25, 0.3) is 5.88 Å². The molecule has 4 rings (SSSR count). The Balaban J connectivity index is 1.89. The smallest absolute Gasteiger partial charge is 0.260 e. The minimum atomic E-state index is -0.107. The highest BCUT2D eigenvalue weighted by Crippen LogP contribution is 2.35. The van der Waals surface area contributed by atoms with Crippen molar-refractivity contribution in [2.45, 2.75) is 20.8 Å². The molecule has 3 aromatic heterocycles. The molecule has 0 bridgehead atoms. The lowest BCUT2D eigenvalue weighted by Crippen LogP contribution is -2.19. The molecule has 0 fully saturated rings. The second-order valence-corrected chi connectivity index (χ2v) is 6.95. The summed E-state index contributed by atoms with van der Waals surface area (Å²) in [6, 6.07) is 5.69. The minimum absolute atomic E-state index is 0.107. The van der Waals surface area contributed by atoms with Crippen LogP contribution in [0.2, 0.25) is 0 Å². The van der Waals surface area contributed by atoms with E-state index in [-0.39, 0.29) is 13.2 Å². The SMILES string of the molecule is CC1=C/C(=N\c2c(OCCO)nn3ccccc23)C(=N)c2c(C)c(C)n(C)c21. The third-order valence-electron chi connectivity index (χ3n) is 5.27. The topological polar surface area (TPSA) is 87.9 Å². The van der Waals surface area contributed by atoms with Crippen LogP contribution in [0.25, 0.3) is 11.1 Å². The summed E-state index contributed by atoms with van der Waals surface area (Å²) >= 11 is 0. The number of rotatable bonds is 4. The number of nitrogens with zero attached hydrogens (tertiary/aromatic N) is 4. The van der Waals surface area contributed by atoms with Crippen molar-refractivity contribution in [1.29, 1.82) is 5.41 Å². The van der Waals surface area contributed by atoms with Gasteiger partial charge in [0.2, 0.25) is 0 Å². The molecule has 7 nitrogen and oxygen atoms in total. The monoisotopic (exact) mass is 377 g/mol. The van der Waals surface area contributed by atoms with E-state index in [4.69, 9.17) is 20.2 Å². The number of allylic oxidation sites excluding steroid dienone is 2. The number of aliphatic imine (C=N–C) groups is 1. The van der Waals surface area contributed by atoms with Crippen LogP contribution in [0.3, 0.4) is 0 Å². The van der Waals surface area contributed by atoms with E-state index in [0.29, 0.717) is 23.0 Å². The van der Waals surface area contributed by atoms with E-state index < -0.39 is 0 Å². The molecule has 7 heteroatoms. The number of aromatic nitrogens is 3. The van der Waals surface area contributed by atoms with Crippen molar-refractivity contribution in [3.8, 4) is 5.88 Å². The maximum Gasteiger partial charge on any atom is 0.260 e. The summed E-state index contributed by atoms with van der Waals surface area (Å²) in [7, 11) is 2.03. The Morgan fingerprint density at radius 3 is 2.79 bits per heavy atom. The lowest BCUT2D eigenvalue weighted by atomic mass is 9.92. The van der Waals surface area contributed by atoms with Crippen LogP contribution in [0, 0.1) is 19.3 Å². The van der Waals surface area contributed by atoms with E-state index in [1.165, 1.54) is 0 Å². The lowest BCUT2D eigenvalue weighted by molar-refractivity contribution is 0.197. The molecular formula is C21H23N5O2. The van der Waals surface area contributed by atoms with Gasteiger partial charge in [-0.25, -0.2) is 9.51 Å². The average Bonchev–Trinajstić information content (AvgIpc) is 3.15. The van der Waals surface area contributed by atoms with Crippen molar-refractivity contribution < 1.29 is 9.84 Å². The Morgan fingerprint density at radius 1 is 1.25 bits per heavy atom. The molecule has 0 aliphatic heterocycles. The van der Waals surface area contributed by atoms with E-state index in [1.807, 2.05) is 51.4 Å². The van der Waals surface area contributed by atoms with Gasteiger partial charge in [-0.15, -0.1) is 5.10 Å². The summed E-state index contributed by atoms with van der Waals surface area (Å²) in [4.78, 5) is 4.79. The van der Waals surface area contributed by atoms with E-state index in [1.54, 1.807) is 4.52 Å². The van der Waals surface area contributed by atoms with Crippen LogP contribution in [0.15, 0.2) is 35.5 Å². The number of ether oxygens (including phenoxy) is 1. The number of nitrogens with one attached hydrogen (secondary N) is 1. The highest BCUT2D eigenvalue weighted by Gasteiger charge is 2.27. The fraction of sp³-hybridized carbons (Fsp3) is 0.286. The molecular weight excluding hydrogens is 354 g/mol. The first-order valence-electron chi connectivity index (χ1n) is 9.17. The summed E-state index contributed by atoms with van der Waals surface area (Å²) < 4.78 is 9.43. The molecule has 1 aliphatic rings. The predicted molar refractivity (Wildman–Crippen MR) is 110 cm³/mol. The molecule has 0 saturated heterocycles. The van der Waals surface area contributed by atoms with Crippen LogP contribution in [0.1, 0.15) is 29.4 Å². The molecule has 1 aliphatic carbocycles. The Labute approximate surface area is 163 Å². The Morgan fingerprint density at radius 2 is 2.04 bits per heavy atom. The predicted octanol–water partition coefficient (Wildman–Crippen LogP) is 3.22. The third-order valence-corrected chi connectivity index (χ3v) is 5.27. The summed E-state index contributed by atoms with van der Waals surface area (Å²) in [5.74, 6) is 0.346. The molecule has 28 heavy (non-hydrogen) atoms. The zero-order valence-corrected chi connectivity index (χ0v) is 16.4. The fourth-order valence-electron chi connectivity index (χ4n) is 3.70. The molecule has 0 unspecified atom stereocenters. The first-order chi connectivity index (χ1) is 13.4. The standard InChI is InChI=1S/C21H23N5O2/c1-12-11-15(18(22)17-13(2)14(3)25(4)20(12)17)23-19-16-7-5-6-8-26(16)24-21(19)28-10-9-27/h5-8,11,22,27H,9-10H2,1-4H3/b22-18?,23-15+.